The van der Waals surface area contributed by atoms with Crippen LogP contribution in [0.3, 0.4) is 0 Å². The fraction of sp³-hybridized carbons (Fsp3) is 0.429. The molecule has 18 heavy (non-hydrogen) atoms. The van der Waals surface area contributed by atoms with E-state index in [1.165, 1.54) is 0 Å². The minimum atomic E-state index is -0.194. The summed E-state index contributed by atoms with van der Waals surface area (Å²) in [5.41, 5.74) is 0.549. The monoisotopic (exact) mass is 244 g/mol. The molecule has 0 aromatic carbocycles. The summed E-state index contributed by atoms with van der Waals surface area (Å²) >= 11 is 0. The van der Waals surface area contributed by atoms with Crippen molar-refractivity contribution in [2.24, 2.45) is 5.92 Å². The van der Waals surface area contributed by atoms with Gasteiger partial charge in [0.1, 0.15) is 18.1 Å². The first kappa shape index (κ1) is 12.6. The molecule has 0 saturated heterocycles. The van der Waals surface area contributed by atoms with E-state index in [9.17, 15) is 4.79 Å². The molecule has 0 bridgehead atoms. The fourth-order valence-corrected chi connectivity index (χ4v) is 2.12. The number of aliphatic hydroxyl groups is 1. The van der Waals surface area contributed by atoms with Crippen LogP contribution in [0.2, 0.25) is 0 Å². The SMILES string of the molecule is O=C(Nc1cccc(C#CCO)n1)C1CCCC1. The van der Waals surface area contributed by atoms with Crippen LogP contribution in [-0.4, -0.2) is 22.6 Å². The summed E-state index contributed by atoms with van der Waals surface area (Å²) in [5.74, 6) is 5.94. The van der Waals surface area contributed by atoms with Gasteiger partial charge in [-0.25, -0.2) is 4.98 Å². The van der Waals surface area contributed by atoms with Gasteiger partial charge in [0, 0.05) is 5.92 Å². The van der Waals surface area contributed by atoms with Gasteiger partial charge in [-0.3, -0.25) is 4.79 Å². The van der Waals surface area contributed by atoms with Crippen molar-refractivity contribution < 1.29 is 9.90 Å². The molecule has 1 heterocycles. The van der Waals surface area contributed by atoms with Crippen LogP contribution in [0.4, 0.5) is 5.82 Å². The fourth-order valence-electron chi connectivity index (χ4n) is 2.12. The molecule has 1 amide bonds. The zero-order valence-corrected chi connectivity index (χ0v) is 10.1. The second kappa shape index (κ2) is 6.18. The first-order valence-electron chi connectivity index (χ1n) is 6.17. The molecule has 0 atom stereocenters. The van der Waals surface area contributed by atoms with Gasteiger partial charge in [-0.15, -0.1) is 0 Å². The van der Waals surface area contributed by atoms with Gasteiger partial charge in [0.15, 0.2) is 0 Å². The molecule has 4 heteroatoms. The standard InChI is InChI=1S/C14H16N2O2/c17-10-4-8-12-7-3-9-13(15-12)16-14(18)11-5-1-2-6-11/h3,7,9,11,17H,1-2,5-6,10H2,(H,15,16,18). The molecule has 0 unspecified atom stereocenters. The van der Waals surface area contributed by atoms with E-state index >= 15 is 0 Å². The molecule has 1 aliphatic carbocycles. The maximum Gasteiger partial charge on any atom is 0.228 e. The van der Waals surface area contributed by atoms with Crippen LogP contribution in [-0.2, 0) is 4.79 Å². The van der Waals surface area contributed by atoms with E-state index in [0.29, 0.717) is 11.5 Å². The number of carbonyl (C=O) groups excluding carboxylic acids is 1. The normalized spacial score (nSPS) is 14.9. The van der Waals surface area contributed by atoms with Crippen LogP contribution in [0.1, 0.15) is 31.4 Å². The molecule has 1 aliphatic rings. The lowest BCUT2D eigenvalue weighted by Crippen LogP contribution is -2.20. The van der Waals surface area contributed by atoms with Crippen LogP contribution in [0.5, 0.6) is 0 Å². The quantitative estimate of drug-likeness (QED) is 0.776. The van der Waals surface area contributed by atoms with Crippen molar-refractivity contribution in [1.29, 1.82) is 0 Å². The topological polar surface area (TPSA) is 62.2 Å². The maximum atomic E-state index is 11.9. The molecule has 94 valence electrons. The average Bonchev–Trinajstić information content (AvgIpc) is 2.91. The first-order chi connectivity index (χ1) is 8.79. The van der Waals surface area contributed by atoms with Crippen molar-refractivity contribution in [2.75, 3.05) is 11.9 Å². The Balaban J connectivity index is 2.02. The van der Waals surface area contributed by atoms with E-state index in [0.717, 1.165) is 25.7 Å². The number of pyridine rings is 1. The number of carbonyl (C=O) groups is 1. The van der Waals surface area contributed by atoms with Crippen molar-refractivity contribution in [2.45, 2.75) is 25.7 Å². The van der Waals surface area contributed by atoms with Crippen LogP contribution in [0, 0.1) is 17.8 Å². The third kappa shape index (κ3) is 3.31. The first-order valence-corrected chi connectivity index (χ1v) is 6.17. The number of hydrogen-bond acceptors (Lipinski definition) is 3. The van der Waals surface area contributed by atoms with E-state index < -0.39 is 0 Å². The minimum absolute atomic E-state index is 0.0484. The summed E-state index contributed by atoms with van der Waals surface area (Å²) in [7, 11) is 0. The Kier molecular flexibility index (Phi) is 4.32. The number of hydrogen-bond donors (Lipinski definition) is 2. The molecular formula is C14H16N2O2. The highest BCUT2D eigenvalue weighted by atomic mass is 16.2. The minimum Gasteiger partial charge on any atom is -0.384 e. The summed E-state index contributed by atoms with van der Waals surface area (Å²) in [6.07, 6.45) is 4.20. The Morgan fingerprint density at radius 1 is 1.44 bits per heavy atom. The van der Waals surface area contributed by atoms with Gasteiger partial charge >= 0.3 is 0 Å². The molecule has 1 saturated carbocycles. The number of rotatable bonds is 2. The molecule has 2 N–H and O–H groups in total. The lowest BCUT2D eigenvalue weighted by atomic mass is 10.1. The van der Waals surface area contributed by atoms with Crippen molar-refractivity contribution in [1.82, 2.24) is 4.98 Å². The number of aliphatic hydroxyl groups excluding tert-OH is 1. The van der Waals surface area contributed by atoms with Gasteiger partial charge in [-0.05, 0) is 30.9 Å². The van der Waals surface area contributed by atoms with Gasteiger partial charge < -0.3 is 10.4 Å². The molecule has 1 aromatic heterocycles. The maximum absolute atomic E-state index is 11.9. The van der Waals surface area contributed by atoms with Crippen molar-refractivity contribution in [3.05, 3.63) is 23.9 Å². The van der Waals surface area contributed by atoms with Crippen molar-refractivity contribution in [3.8, 4) is 11.8 Å². The number of aromatic nitrogens is 1. The largest absolute Gasteiger partial charge is 0.384 e. The highest BCUT2D eigenvalue weighted by molar-refractivity contribution is 5.91. The molecule has 1 fully saturated rings. The molecule has 1 aromatic rings. The summed E-state index contributed by atoms with van der Waals surface area (Å²) in [6.45, 7) is -0.194. The highest BCUT2D eigenvalue weighted by Gasteiger charge is 2.22. The Morgan fingerprint density at radius 2 is 2.22 bits per heavy atom. The molecular weight excluding hydrogens is 228 g/mol. The van der Waals surface area contributed by atoms with Gasteiger partial charge in [-0.1, -0.05) is 24.8 Å². The van der Waals surface area contributed by atoms with E-state index in [-0.39, 0.29) is 18.4 Å². The molecule has 0 spiro atoms. The Bertz CT molecular complexity index is 482. The van der Waals surface area contributed by atoms with Crippen LogP contribution < -0.4 is 5.32 Å². The highest BCUT2D eigenvalue weighted by Crippen LogP contribution is 2.25. The van der Waals surface area contributed by atoms with Gasteiger partial charge in [0.25, 0.3) is 0 Å². The molecule has 4 nitrogen and oxygen atoms in total. The molecule has 0 radical (unpaired) electrons. The smallest absolute Gasteiger partial charge is 0.228 e. The van der Waals surface area contributed by atoms with Gasteiger partial charge in [0.05, 0.1) is 0 Å². The van der Waals surface area contributed by atoms with Crippen LogP contribution >= 0.6 is 0 Å². The second-order valence-electron chi connectivity index (χ2n) is 4.34. The van der Waals surface area contributed by atoms with Gasteiger partial charge in [-0.2, -0.15) is 0 Å². The summed E-state index contributed by atoms with van der Waals surface area (Å²) in [4.78, 5) is 16.1. The Hall–Kier alpha value is -1.86. The molecule has 2 rings (SSSR count). The number of nitrogens with one attached hydrogen (secondary N) is 1. The van der Waals surface area contributed by atoms with Crippen molar-refractivity contribution in [3.63, 3.8) is 0 Å². The number of anilines is 1. The van der Waals surface area contributed by atoms with E-state index in [1.54, 1.807) is 18.2 Å². The zero-order valence-electron chi connectivity index (χ0n) is 10.1. The number of nitrogens with zero attached hydrogens (tertiary/aromatic N) is 1. The van der Waals surface area contributed by atoms with E-state index in [4.69, 9.17) is 5.11 Å². The summed E-state index contributed by atoms with van der Waals surface area (Å²) < 4.78 is 0. The summed E-state index contributed by atoms with van der Waals surface area (Å²) in [6, 6.07) is 5.28. The third-order valence-electron chi connectivity index (χ3n) is 3.02. The lowest BCUT2D eigenvalue weighted by Gasteiger charge is -2.09. The van der Waals surface area contributed by atoms with E-state index in [2.05, 4.69) is 22.1 Å². The number of amides is 1. The predicted molar refractivity (Wildman–Crippen MR) is 68.8 cm³/mol. The Morgan fingerprint density at radius 3 is 2.94 bits per heavy atom. The predicted octanol–water partition coefficient (Wildman–Crippen LogP) is 1.55. The second-order valence-corrected chi connectivity index (χ2v) is 4.34. The summed E-state index contributed by atoms with van der Waals surface area (Å²) in [5, 5.41) is 11.4. The zero-order chi connectivity index (χ0) is 12.8. The van der Waals surface area contributed by atoms with Crippen LogP contribution in [0.25, 0.3) is 0 Å². The average molecular weight is 244 g/mol. The Labute approximate surface area is 106 Å². The van der Waals surface area contributed by atoms with Crippen LogP contribution in [0.15, 0.2) is 18.2 Å². The lowest BCUT2D eigenvalue weighted by molar-refractivity contribution is -0.119. The van der Waals surface area contributed by atoms with Gasteiger partial charge in [0.2, 0.25) is 5.91 Å². The third-order valence-corrected chi connectivity index (χ3v) is 3.02. The van der Waals surface area contributed by atoms with E-state index in [1.807, 2.05) is 0 Å². The molecule has 0 aliphatic heterocycles. The van der Waals surface area contributed by atoms with Crippen molar-refractivity contribution >= 4 is 11.7 Å².